The van der Waals surface area contributed by atoms with Crippen LogP contribution in [-0.4, -0.2) is 30.6 Å². The van der Waals surface area contributed by atoms with Crippen LogP contribution in [0.1, 0.15) is 32.6 Å². The highest BCUT2D eigenvalue weighted by molar-refractivity contribution is 4.85. The van der Waals surface area contributed by atoms with E-state index in [1.165, 1.54) is 25.8 Å². The molecule has 0 bridgehead atoms. The maximum absolute atomic E-state index is 6.07. The fraction of sp³-hybridized carbons (Fsp3) is 0.833. The van der Waals surface area contributed by atoms with E-state index in [0.717, 1.165) is 25.4 Å². The third-order valence-corrected chi connectivity index (χ3v) is 2.93. The zero-order valence-corrected chi connectivity index (χ0v) is 9.41. The zero-order chi connectivity index (χ0) is 10.4. The summed E-state index contributed by atoms with van der Waals surface area (Å²) in [5, 5.41) is 0. The summed E-state index contributed by atoms with van der Waals surface area (Å²) < 4.78 is 0. The molecule has 0 radical (unpaired) electrons. The quantitative estimate of drug-likeness (QED) is 0.602. The van der Waals surface area contributed by atoms with Gasteiger partial charge in [0, 0.05) is 12.6 Å². The second kappa shape index (κ2) is 6.20. The maximum atomic E-state index is 6.07. The molecular weight excluding hydrogens is 172 g/mol. The van der Waals surface area contributed by atoms with E-state index in [0.29, 0.717) is 6.04 Å². The molecule has 2 heteroatoms. The summed E-state index contributed by atoms with van der Waals surface area (Å²) in [4.78, 5) is 2.44. The van der Waals surface area contributed by atoms with Crippen LogP contribution >= 0.6 is 0 Å². The van der Waals surface area contributed by atoms with Crippen LogP contribution in [-0.2, 0) is 0 Å². The molecule has 1 aliphatic carbocycles. The Labute approximate surface area is 88.2 Å². The van der Waals surface area contributed by atoms with Crippen LogP contribution in [0.5, 0.6) is 0 Å². The normalized spacial score (nSPS) is 18.5. The van der Waals surface area contributed by atoms with E-state index in [9.17, 15) is 0 Å². The fourth-order valence-corrected chi connectivity index (χ4v) is 1.88. The first-order valence-electron chi connectivity index (χ1n) is 5.86. The molecule has 0 aliphatic heterocycles. The van der Waals surface area contributed by atoms with Crippen molar-refractivity contribution in [3.63, 3.8) is 0 Å². The Morgan fingerprint density at radius 2 is 2.21 bits per heavy atom. The highest BCUT2D eigenvalue weighted by Crippen LogP contribution is 2.32. The SMILES string of the molecule is C=CCN(CCC)CCC(N)C1CC1. The lowest BCUT2D eigenvalue weighted by Gasteiger charge is -2.21. The molecule has 14 heavy (non-hydrogen) atoms. The highest BCUT2D eigenvalue weighted by Gasteiger charge is 2.28. The van der Waals surface area contributed by atoms with Crippen LogP contribution in [0.15, 0.2) is 12.7 Å². The zero-order valence-electron chi connectivity index (χ0n) is 9.41. The summed E-state index contributed by atoms with van der Waals surface area (Å²) in [5.41, 5.74) is 6.07. The van der Waals surface area contributed by atoms with Gasteiger partial charge in [-0.25, -0.2) is 0 Å². The van der Waals surface area contributed by atoms with Gasteiger partial charge in [0.1, 0.15) is 0 Å². The van der Waals surface area contributed by atoms with E-state index in [4.69, 9.17) is 5.73 Å². The average Bonchev–Trinajstić information content (AvgIpc) is 2.97. The van der Waals surface area contributed by atoms with Crippen molar-refractivity contribution < 1.29 is 0 Å². The third-order valence-electron chi connectivity index (χ3n) is 2.93. The minimum atomic E-state index is 0.444. The number of hydrogen-bond donors (Lipinski definition) is 1. The van der Waals surface area contributed by atoms with Gasteiger partial charge in [0.25, 0.3) is 0 Å². The maximum Gasteiger partial charge on any atom is 0.0160 e. The first-order chi connectivity index (χ1) is 6.77. The van der Waals surface area contributed by atoms with Gasteiger partial charge in [-0.3, -0.25) is 4.90 Å². The molecule has 1 saturated carbocycles. The molecule has 0 aromatic heterocycles. The number of nitrogens with zero attached hydrogens (tertiary/aromatic N) is 1. The Morgan fingerprint density at radius 3 is 2.71 bits per heavy atom. The molecule has 0 amide bonds. The number of hydrogen-bond acceptors (Lipinski definition) is 2. The summed E-state index contributed by atoms with van der Waals surface area (Å²) >= 11 is 0. The highest BCUT2D eigenvalue weighted by atomic mass is 15.1. The first kappa shape index (κ1) is 11.7. The van der Waals surface area contributed by atoms with Crippen molar-refractivity contribution in [2.75, 3.05) is 19.6 Å². The molecule has 82 valence electrons. The molecule has 0 aromatic rings. The Hall–Kier alpha value is -0.340. The van der Waals surface area contributed by atoms with Gasteiger partial charge >= 0.3 is 0 Å². The van der Waals surface area contributed by atoms with Crippen molar-refractivity contribution >= 4 is 0 Å². The summed E-state index contributed by atoms with van der Waals surface area (Å²) in [6.45, 7) is 9.32. The molecule has 0 heterocycles. The second-order valence-electron chi connectivity index (χ2n) is 4.38. The molecule has 1 fully saturated rings. The van der Waals surface area contributed by atoms with Gasteiger partial charge in [-0.2, -0.15) is 0 Å². The monoisotopic (exact) mass is 196 g/mol. The number of nitrogens with two attached hydrogens (primary N) is 1. The first-order valence-corrected chi connectivity index (χ1v) is 5.86. The molecule has 0 saturated heterocycles. The van der Waals surface area contributed by atoms with Gasteiger partial charge in [-0.1, -0.05) is 13.0 Å². The Balaban J connectivity index is 2.13. The van der Waals surface area contributed by atoms with E-state index in [2.05, 4.69) is 18.4 Å². The van der Waals surface area contributed by atoms with Crippen LogP contribution in [0.3, 0.4) is 0 Å². The summed E-state index contributed by atoms with van der Waals surface area (Å²) in [5.74, 6) is 0.835. The molecular formula is C12H24N2. The largest absolute Gasteiger partial charge is 0.327 e. The molecule has 2 N–H and O–H groups in total. The van der Waals surface area contributed by atoms with Gasteiger partial charge < -0.3 is 5.73 Å². The van der Waals surface area contributed by atoms with Gasteiger partial charge in [-0.05, 0) is 44.7 Å². The van der Waals surface area contributed by atoms with Crippen LogP contribution in [0, 0.1) is 5.92 Å². The van der Waals surface area contributed by atoms with E-state index >= 15 is 0 Å². The molecule has 2 nitrogen and oxygen atoms in total. The van der Waals surface area contributed by atoms with Crippen molar-refractivity contribution in [3.8, 4) is 0 Å². The molecule has 1 atom stereocenters. The Kier molecular flexibility index (Phi) is 5.20. The van der Waals surface area contributed by atoms with E-state index in [1.807, 2.05) is 6.08 Å². The smallest absolute Gasteiger partial charge is 0.0160 e. The standard InChI is InChI=1S/C12H24N2/c1-3-8-14(9-4-2)10-7-12(13)11-5-6-11/h3,11-12H,1,4-10,13H2,2H3. The van der Waals surface area contributed by atoms with Crippen LogP contribution in [0.2, 0.25) is 0 Å². The Bertz CT molecular complexity index is 164. The van der Waals surface area contributed by atoms with E-state index < -0.39 is 0 Å². The summed E-state index contributed by atoms with van der Waals surface area (Å²) in [7, 11) is 0. The van der Waals surface area contributed by atoms with Gasteiger partial charge in [0.2, 0.25) is 0 Å². The average molecular weight is 196 g/mol. The second-order valence-corrected chi connectivity index (χ2v) is 4.38. The van der Waals surface area contributed by atoms with Gasteiger partial charge in [0.15, 0.2) is 0 Å². The molecule has 0 spiro atoms. The summed E-state index contributed by atoms with van der Waals surface area (Å²) in [6, 6.07) is 0.444. The van der Waals surface area contributed by atoms with Crippen molar-refractivity contribution in [3.05, 3.63) is 12.7 Å². The van der Waals surface area contributed by atoms with Gasteiger partial charge in [-0.15, -0.1) is 6.58 Å². The van der Waals surface area contributed by atoms with Crippen LogP contribution in [0.25, 0.3) is 0 Å². The topological polar surface area (TPSA) is 29.3 Å². The molecule has 1 rings (SSSR count). The van der Waals surface area contributed by atoms with E-state index in [-0.39, 0.29) is 0 Å². The minimum Gasteiger partial charge on any atom is -0.327 e. The van der Waals surface area contributed by atoms with Crippen molar-refractivity contribution in [1.29, 1.82) is 0 Å². The van der Waals surface area contributed by atoms with Gasteiger partial charge in [0.05, 0.1) is 0 Å². The molecule has 0 aromatic carbocycles. The predicted molar refractivity (Wildman–Crippen MR) is 62.2 cm³/mol. The van der Waals surface area contributed by atoms with Crippen molar-refractivity contribution in [2.24, 2.45) is 11.7 Å². The minimum absolute atomic E-state index is 0.444. The number of rotatable bonds is 8. The van der Waals surface area contributed by atoms with Crippen LogP contribution in [0.4, 0.5) is 0 Å². The van der Waals surface area contributed by atoms with Crippen LogP contribution < -0.4 is 5.73 Å². The Morgan fingerprint density at radius 1 is 1.50 bits per heavy atom. The van der Waals surface area contributed by atoms with E-state index in [1.54, 1.807) is 0 Å². The van der Waals surface area contributed by atoms with Crippen molar-refractivity contribution in [1.82, 2.24) is 4.90 Å². The fourth-order valence-electron chi connectivity index (χ4n) is 1.88. The third kappa shape index (κ3) is 4.25. The lowest BCUT2D eigenvalue weighted by molar-refractivity contribution is 0.285. The molecule has 1 aliphatic rings. The summed E-state index contributed by atoms with van der Waals surface area (Å²) in [6.07, 6.45) is 7.07. The predicted octanol–water partition coefficient (Wildman–Crippen LogP) is 2.01. The molecule has 1 unspecified atom stereocenters. The van der Waals surface area contributed by atoms with Crippen molar-refractivity contribution in [2.45, 2.75) is 38.6 Å². The lowest BCUT2D eigenvalue weighted by atomic mass is 10.1. The lowest BCUT2D eigenvalue weighted by Crippen LogP contribution is -2.32.